The summed E-state index contributed by atoms with van der Waals surface area (Å²) >= 11 is 0. The van der Waals surface area contributed by atoms with Crippen LogP contribution in [0.3, 0.4) is 0 Å². The third kappa shape index (κ3) is 3.19. The molecule has 0 saturated carbocycles. The zero-order valence-corrected chi connectivity index (χ0v) is 9.17. The largest absolute Gasteiger partial charge is 0.325 e. The van der Waals surface area contributed by atoms with Crippen molar-refractivity contribution in [2.45, 2.75) is 20.4 Å². The van der Waals surface area contributed by atoms with E-state index in [2.05, 4.69) is 52.2 Å². The van der Waals surface area contributed by atoms with Crippen LogP contribution in [0.15, 0.2) is 24.3 Å². The Kier molecular flexibility index (Phi) is 3.10. The first-order chi connectivity index (χ1) is 6.03. The zero-order chi connectivity index (χ0) is 9.90. The summed E-state index contributed by atoms with van der Waals surface area (Å²) in [5.41, 5.74) is 2.77. The van der Waals surface area contributed by atoms with E-state index < -0.39 is 0 Å². The number of hydrogen-bond acceptors (Lipinski definition) is 0. The summed E-state index contributed by atoms with van der Waals surface area (Å²) in [6.07, 6.45) is 0. The van der Waals surface area contributed by atoms with Crippen molar-refractivity contribution >= 4 is 0 Å². The highest BCUT2D eigenvalue weighted by Gasteiger charge is 2.11. The fourth-order valence-corrected chi connectivity index (χ4v) is 1.30. The molecular weight excluding hydrogens is 158 g/mol. The van der Waals surface area contributed by atoms with Crippen molar-refractivity contribution in [3.05, 3.63) is 35.4 Å². The number of hydrogen-bond donors (Lipinski definition) is 0. The molecule has 0 heterocycles. The van der Waals surface area contributed by atoms with Crippen LogP contribution in [0.2, 0.25) is 0 Å². The topological polar surface area (TPSA) is 0 Å². The lowest BCUT2D eigenvalue weighted by atomic mass is 10.1. The van der Waals surface area contributed by atoms with Crippen molar-refractivity contribution < 1.29 is 4.48 Å². The van der Waals surface area contributed by atoms with Gasteiger partial charge in [-0.1, -0.05) is 29.8 Å². The summed E-state index contributed by atoms with van der Waals surface area (Å²) in [6.45, 7) is 6.66. The number of benzene rings is 1. The van der Waals surface area contributed by atoms with Gasteiger partial charge in [0.05, 0.1) is 20.6 Å². The molecule has 0 aliphatic rings. The Hall–Kier alpha value is -0.820. The SMILES string of the molecule is CC[N+](C)(C)Cc1ccc(C)cc1. The van der Waals surface area contributed by atoms with Crippen LogP contribution < -0.4 is 0 Å². The summed E-state index contributed by atoms with van der Waals surface area (Å²) in [7, 11) is 4.53. The number of aryl methyl sites for hydroxylation is 1. The quantitative estimate of drug-likeness (QED) is 0.624. The first kappa shape index (κ1) is 10.3. The molecule has 1 rings (SSSR count). The van der Waals surface area contributed by atoms with Crippen LogP contribution in [0.25, 0.3) is 0 Å². The molecule has 13 heavy (non-hydrogen) atoms. The van der Waals surface area contributed by atoms with Gasteiger partial charge in [-0.15, -0.1) is 0 Å². The average molecular weight is 178 g/mol. The fraction of sp³-hybridized carbons (Fsp3) is 0.500. The molecule has 0 unspecified atom stereocenters. The van der Waals surface area contributed by atoms with E-state index >= 15 is 0 Å². The van der Waals surface area contributed by atoms with Gasteiger partial charge in [-0.05, 0) is 13.8 Å². The van der Waals surface area contributed by atoms with Crippen molar-refractivity contribution in [1.29, 1.82) is 0 Å². The minimum atomic E-state index is 1.06. The standard InChI is InChI=1S/C12H20N/c1-5-13(3,4)10-12-8-6-11(2)7-9-12/h6-9H,5,10H2,1-4H3/q+1. The Morgan fingerprint density at radius 1 is 1.08 bits per heavy atom. The van der Waals surface area contributed by atoms with E-state index in [0.29, 0.717) is 0 Å². The van der Waals surface area contributed by atoms with Gasteiger partial charge in [-0.2, -0.15) is 0 Å². The van der Waals surface area contributed by atoms with E-state index in [1.165, 1.54) is 17.7 Å². The third-order valence-electron chi connectivity index (χ3n) is 2.59. The second kappa shape index (κ2) is 3.93. The number of nitrogens with zero attached hydrogens (tertiary/aromatic N) is 1. The van der Waals surface area contributed by atoms with E-state index in [1.807, 2.05) is 0 Å². The molecule has 0 spiro atoms. The highest BCUT2D eigenvalue weighted by molar-refractivity contribution is 5.20. The summed E-state index contributed by atoms with van der Waals surface area (Å²) in [6, 6.07) is 8.83. The van der Waals surface area contributed by atoms with E-state index in [4.69, 9.17) is 0 Å². The maximum atomic E-state index is 2.26. The Bertz CT molecular complexity index is 259. The van der Waals surface area contributed by atoms with Gasteiger partial charge < -0.3 is 4.48 Å². The van der Waals surface area contributed by atoms with Gasteiger partial charge in [0.25, 0.3) is 0 Å². The van der Waals surface area contributed by atoms with Gasteiger partial charge in [0.2, 0.25) is 0 Å². The minimum Gasteiger partial charge on any atom is -0.325 e. The summed E-state index contributed by atoms with van der Waals surface area (Å²) in [5, 5.41) is 0. The summed E-state index contributed by atoms with van der Waals surface area (Å²) in [4.78, 5) is 0. The van der Waals surface area contributed by atoms with Gasteiger partial charge in [0.1, 0.15) is 6.54 Å². The Labute approximate surface area is 81.6 Å². The van der Waals surface area contributed by atoms with Crippen molar-refractivity contribution in [3.8, 4) is 0 Å². The van der Waals surface area contributed by atoms with Crippen molar-refractivity contribution in [2.24, 2.45) is 0 Å². The van der Waals surface area contributed by atoms with E-state index in [0.717, 1.165) is 11.0 Å². The molecule has 0 fully saturated rings. The molecule has 0 bridgehead atoms. The molecule has 0 aliphatic carbocycles. The first-order valence-corrected chi connectivity index (χ1v) is 4.91. The minimum absolute atomic E-state index is 1.06. The smallest absolute Gasteiger partial charge is 0.104 e. The number of rotatable bonds is 3. The predicted octanol–water partition coefficient (Wildman–Crippen LogP) is 2.59. The molecule has 0 aliphatic heterocycles. The normalized spacial score (nSPS) is 11.7. The van der Waals surface area contributed by atoms with E-state index in [-0.39, 0.29) is 0 Å². The lowest BCUT2D eigenvalue weighted by Gasteiger charge is -2.28. The molecule has 0 N–H and O–H groups in total. The van der Waals surface area contributed by atoms with Crippen LogP contribution >= 0.6 is 0 Å². The zero-order valence-electron chi connectivity index (χ0n) is 9.17. The Morgan fingerprint density at radius 2 is 1.62 bits per heavy atom. The maximum absolute atomic E-state index is 2.26. The average Bonchev–Trinajstić information content (AvgIpc) is 2.09. The molecule has 0 radical (unpaired) electrons. The number of quaternary nitrogens is 1. The predicted molar refractivity (Wildman–Crippen MR) is 57.5 cm³/mol. The molecule has 72 valence electrons. The van der Waals surface area contributed by atoms with Crippen molar-refractivity contribution in [3.63, 3.8) is 0 Å². The molecule has 1 nitrogen and oxygen atoms in total. The van der Waals surface area contributed by atoms with Crippen molar-refractivity contribution in [2.75, 3.05) is 20.6 Å². The molecule has 1 aromatic carbocycles. The van der Waals surface area contributed by atoms with Crippen LogP contribution in [-0.2, 0) is 6.54 Å². The summed E-state index contributed by atoms with van der Waals surface area (Å²) < 4.78 is 1.06. The highest BCUT2D eigenvalue weighted by Crippen LogP contribution is 2.09. The molecular formula is C12H20N+. The Morgan fingerprint density at radius 3 is 2.08 bits per heavy atom. The van der Waals surface area contributed by atoms with E-state index in [1.54, 1.807) is 0 Å². The lowest BCUT2D eigenvalue weighted by Crippen LogP contribution is -2.38. The fourth-order valence-electron chi connectivity index (χ4n) is 1.30. The summed E-state index contributed by atoms with van der Waals surface area (Å²) in [5.74, 6) is 0. The van der Waals surface area contributed by atoms with Crippen molar-refractivity contribution in [1.82, 2.24) is 0 Å². The third-order valence-corrected chi connectivity index (χ3v) is 2.59. The van der Waals surface area contributed by atoms with Crippen LogP contribution in [-0.4, -0.2) is 25.1 Å². The van der Waals surface area contributed by atoms with Gasteiger partial charge >= 0.3 is 0 Å². The molecule has 1 heteroatoms. The second-order valence-electron chi connectivity index (χ2n) is 4.40. The van der Waals surface area contributed by atoms with Crippen LogP contribution in [0.5, 0.6) is 0 Å². The monoisotopic (exact) mass is 178 g/mol. The molecule has 0 amide bonds. The van der Waals surface area contributed by atoms with Gasteiger partial charge in [-0.3, -0.25) is 0 Å². The van der Waals surface area contributed by atoms with Crippen LogP contribution in [0.4, 0.5) is 0 Å². The maximum Gasteiger partial charge on any atom is 0.104 e. The highest BCUT2D eigenvalue weighted by atomic mass is 15.3. The molecule has 0 saturated heterocycles. The Balaban J connectivity index is 2.69. The molecule has 0 aromatic heterocycles. The molecule has 1 aromatic rings. The van der Waals surface area contributed by atoms with Gasteiger partial charge in [-0.25, -0.2) is 0 Å². The van der Waals surface area contributed by atoms with Gasteiger partial charge in [0.15, 0.2) is 0 Å². The first-order valence-electron chi connectivity index (χ1n) is 4.91. The van der Waals surface area contributed by atoms with E-state index in [9.17, 15) is 0 Å². The lowest BCUT2D eigenvalue weighted by molar-refractivity contribution is -0.901. The molecule has 0 atom stereocenters. The van der Waals surface area contributed by atoms with Crippen LogP contribution in [0, 0.1) is 6.92 Å². The second-order valence-corrected chi connectivity index (χ2v) is 4.40. The van der Waals surface area contributed by atoms with Crippen LogP contribution in [0.1, 0.15) is 18.1 Å². The van der Waals surface area contributed by atoms with Gasteiger partial charge in [0, 0.05) is 5.56 Å².